The summed E-state index contributed by atoms with van der Waals surface area (Å²) in [6.45, 7) is 3.32. The normalized spacial score (nSPS) is 18.3. The van der Waals surface area contributed by atoms with E-state index in [1.54, 1.807) is 31.2 Å². The molecule has 0 saturated heterocycles. The van der Waals surface area contributed by atoms with Crippen LogP contribution < -0.4 is 20.7 Å². The number of alkyl carbamates (subject to hydrolysis) is 1. The van der Waals surface area contributed by atoms with Crippen LogP contribution in [0.1, 0.15) is 54.5 Å². The van der Waals surface area contributed by atoms with E-state index in [-0.39, 0.29) is 30.4 Å². The van der Waals surface area contributed by atoms with Crippen LogP contribution in [0.2, 0.25) is 0 Å². The quantitative estimate of drug-likeness (QED) is 0.377. The number of carbonyl (C=O) groups excluding carboxylic acids is 2. The molecule has 196 valence electrons. The van der Waals surface area contributed by atoms with Crippen LogP contribution in [-0.4, -0.2) is 43.8 Å². The molecule has 1 heterocycles. The average Bonchev–Trinajstić information content (AvgIpc) is 3.23. The van der Waals surface area contributed by atoms with Crippen LogP contribution in [0.3, 0.4) is 0 Å². The molecule has 1 fully saturated rings. The lowest BCUT2D eigenvalue weighted by molar-refractivity contribution is -0.153. The summed E-state index contributed by atoms with van der Waals surface area (Å²) in [5.41, 5.74) is -0.173. The molecule has 3 N–H and O–H groups in total. The fourth-order valence-electron chi connectivity index (χ4n) is 3.91. The molecule has 2 amide bonds. The zero-order chi connectivity index (χ0) is 26.3. The van der Waals surface area contributed by atoms with Crippen molar-refractivity contribution in [2.45, 2.75) is 57.8 Å². The number of carbonyl (C=O) groups is 2. The molecule has 3 rings (SSSR count). The molecule has 0 radical (unpaired) electrons. The highest BCUT2D eigenvalue weighted by Crippen LogP contribution is 2.34. The molecule has 0 unspecified atom stereocenters. The number of hydrogen-bond acceptors (Lipinski definition) is 6. The van der Waals surface area contributed by atoms with E-state index < -0.39 is 29.5 Å². The number of nitrogens with zero attached hydrogens (tertiary/aromatic N) is 1. The van der Waals surface area contributed by atoms with Gasteiger partial charge in [-0.15, -0.1) is 0 Å². The van der Waals surface area contributed by atoms with Gasteiger partial charge in [0.25, 0.3) is 5.91 Å². The van der Waals surface area contributed by atoms with Crippen molar-refractivity contribution in [2.75, 3.05) is 19.0 Å². The average molecular weight is 511 g/mol. The lowest BCUT2D eigenvalue weighted by Crippen LogP contribution is -2.40. The number of hydrogen-bond donors (Lipinski definition) is 3. The van der Waals surface area contributed by atoms with Crippen LogP contribution in [0.5, 0.6) is 5.75 Å². The Balaban J connectivity index is 1.80. The fourth-order valence-corrected chi connectivity index (χ4v) is 3.91. The lowest BCUT2D eigenvalue weighted by atomic mass is 9.92. The van der Waals surface area contributed by atoms with Gasteiger partial charge in [-0.3, -0.25) is 10.1 Å². The summed E-state index contributed by atoms with van der Waals surface area (Å²) in [7, 11) is 1.47. The lowest BCUT2D eigenvalue weighted by Gasteiger charge is -2.27. The Morgan fingerprint density at radius 1 is 1.17 bits per heavy atom. The number of guanidine groups is 1. The number of furan rings is 1. The van der Waals surface area contributed by atoms with Gasteiger partial charge in [0.2, 0.25) is 11.7 Å². The third kappa shape index (κ3) is 7.15. The van der Waals surface area contributed by atoms with E-state index in [1.165, 1.54) is 14.0 Å². The summed E-state index contributed by atoms with van der Waals surface area (Å²) in [6.07, 6.45) is -2.89. The molecule has 0 spiro atoms. The Kier molecular flexibility index (Phi) is 8.83. The van der Waals surface area contributed by atoms with Crippen LogP contribution >= 0.6 is 0 Å². The number of alkyl halides is 3. The molecule has 0 atom stereocenters. The van der Waals surface area contributed by atoms with Crippen molar-refractivity contribution in [1.82, 2.24) is 10.6 Å². The zero-order valence-electron chi connectivity index (χ0n) is 20.2. The minimum Gasteiger partial charge on any atom is -0.495 e. The van der Waals surface area contributed by atoms with Gasteiger partial charge in [-0.2, -0.15) is 13.2 Å². The smallest absolute Gasteiger partial charge is 0.450 e. The Labute approximate surface area is 206 Å². The SMILES string of the molecule is CCOC(=O)NC1CCC(N=C(NC(=O)c2cc(C)oc2C(F)(F)F)Nc2ccccc2OC)CC1. The summed E-state index contributed by atoms with van der Waals surface area (Å²) in [5.74, 6) is -2.01. The Morgan fingerprint density at radius 2 is 1.86 bits per heavy atom. The maximum absolute atomic E-state index is 13.4. The Hall–Kier alpha value is -3.70. The Bertz CT molecular complexity index is 1090. The number of methoxy groups -OCH3 is 1. The number of halogens is 3. The molecule has 12 heteroatoms. The molecule has 9 nitrogen and oxygen atoms in total. The number of benzene rings is 1. The molecule has 2 aromatic rings. The van der Waals surface area contributed by atoms with E-state index in [9.17, 15) is 22.8 Å². The van der Waals surface area contributed by atoms with E-state index in [0.29, 0.717) is 37.1 Å². The van der Waals surface area contributed by atoms with E-state index in [2.05, 4.69) is 20.9 Å². The molecule has 1 aliphatic rings. The largest absolute Gasteiger partial charge is 0.495 e. The zero-order valence-corrected chi connectivity index (χ0v) is 20.2. The third-order valence-electron chi connectivity index (χ3n) is 5.56. The van der Waals surface area contributed by atoms with Crippen LogP contribution in [0.4, 0.5) is 23.7 Å². The van der Waals surface area contributed by atoms with Crippen LogP contribution in [0, 0.1) is 6.92 Å². The molecular formula is C24H29F3N4O5. The van der Waals surface area contributed by atoms with Gasteiger partial charge in [0.15, 0.2) is 0 Å². The highest BCUT2D eigenvalue weighted by molar-refractivity contribution is 6.10. The number of ether oxygens (including phenoxy) is 2. The number of aryl methyl sites for hydroxylation is 1. The number of amides is 2. The van der Waals surface area contributed by atoms with Crippen molar-refractivity contribution in [3.63, 3.8) is 0 Å². The molecule has 1 aromatic heterocycles. The van der Waals surface area contributed by atoms with Crippen LogP contribution in [0.25, 0.3) is 0 Å². The van der Waals surface area contributed by atoms with Gasteiger partial charge in [0.1, 0.15) is 11.5 Å². The Morgan fingerprint density at radius 3 is 2.50 bits per heavy atom. The van der Waals surface area contributed by atoms with E-state index in [1.807, 2.05) is 0 Å². The number of aliphatic imine (C=N–C) groups is 1. The van der Waals surface area contributed by atoms with Crippen LogP contribution in [0.15, 0.2) is 39.7 Å². The van der Waals surface area contributed by atoms with Crippen molar-refractivity contribution in [2.24, 2.45) is 4.99 Å². The molecule has 1 aromatic carbocycles. The molecular weight excluding hydrogens is 481 g/mol. The monoisotopic (exact) mass is 510 g/mol. The minimum atomic E-state index is -4.83. The van der Waals surface area contributed by atoms with Gasteiger partial charge < -0.3 is 24.5 Å². The highest BCUT2D eigenvalue weighted by atomic mass is 19.4. The van der Waals surface area contributed by atoms with Gasteiger partial charge in [0.05, 0.1) is 31.0 Å². The maximum Gasteiger partial charge on any atom is 0.450 e. The van der Waals surface area contributed by atoms with E-state index in [4.69, 9.17) is 13.9 Å². The standard InChI is InChI=1S/C24H29F3N4O5/c1-4-35-23(33)29-16-11-9-15(10-12-16)28-22(30-18-7-5-6-8-19(18)34-3)31-21(32)17-13-14(2)36-20(17)24(25,26)27/h5-8,13,15-16H,4,9-12H2,1-3H3,(H,29,33)(H2,28,30,31,32). The minimum absolute atomic E-state index is 0.0294. The van der Waals surface area contributed by atoms with E-state index >= 15 is 0 Å². The fraction of sp³-hybridized carbons (Fsp3) is 0.458. The van der Waals surface area contributed by atoms with E-state index in [0.717, 1.165) is 6.07 Å². The summed E-state index contributed by atoms with van der Waals surface area (Å²) in [4.78, 5) is 29.1. The number of para-hydroxylation sites is 2. The summed E-state index contributed by atoms with van der Waals surface area (Å²) < 4.78 is 55.1. The van der Waals surface area contributed by atoms with Crippen molar-refractivity contribution >= 4 is 23.6 Å². The van der Waals surface area contributed by atoms with Gasteiger partial charge >= 0.3 is 12.3 Å². The number of nitrogens with one attached hydrogen (secondary N) is 3. The highest BCUT2D eigenvalue weighted by Gasteiger charge is 2.40. The first-order chi connectivity index (χ1) is 17.1. The topological polar surface area (TPSA) is 114 Å². The van der Waals surface area contributed by atoms with Gasteiger partial charge in [-0.05, 0) is 57.7 Å². The maximum atomic E-state index is 13.4. The number of anilines is 1. The second-order valence-electron chi connectivity index (χ2n) is 8.22. The van der Waals surface area contributed by atoms with Crippen LogP contribution in [-0.2, 0) is 10.9 Å². The van der Waals surface area contributed by atoms with Crippen molar-refractivity contribution in [1.29, 1.82) is 0 Å². The molecule has 0 bridgehead atoms. The first-order valence-corrected chi connectivity index (χ1v) is 11.5. The molecule has 1 saturated carbocycles. The molecule has 0 aliphatic heterocycles. The molecule has 1 aliphatic carbocycles. The third-order valence-corrected chi connectivity index (χ3v) is 5.56. The first-order valence-electron chi connectivity index (χ1n) is 11.5. The van der Waals surface area contributed by atoms with Crippen molar-refractivity contribution in [3.8, 4) is 5.75 Å². The van der Waals surface area contributed by atoms with Crippen molar-refractivity contribution < 1.29 is 36.7 Å². The molecule has 36 heavy (non-hydrogen) atoms. The van der Waals surface area contributed by atoms with Gasteiger partial charge in [0, 0.05) is 6.04 Å². The second-order valence-corrected chi connectivity index (χ2v) is 8.22. The van der Waals surface area contributed by atoms with Crippen molar-refractivity contribution in [3.05, 3.63) is 47.4 Å². The second kappa shape index (κ2) is 11.8. The number of rotatable bonds is 6. The van der Waals surface area contributed by atoms with Gasteiger partial charge in [-0.1, -0.05) is 12.1 Å². The van der Waals surface area contributed by atoms with Gasteiger partial charge in [-0.25, -0.2) is 9.79 Å². The predicted octanol–water partition coefficient (Wildman–Crippen LogP) is 4.87. The summed E-state index contributed by atoms with van der Waals surface area (Å²) in [5, 5.41) is 8.22. The summed E-state index contributed by atoms with van der Waals surface area (Å²) >= 11 is 0. The summed E-state index contributed by atoms with van der Waals surface area (Å²) in [6, 6.07) is 7.58. The predicted molar refractivity (Wildman–Crippen MR) is 126 cm³/mol. The first kappa shape index (κ1) is 26.9.